The summed E-state index contributed by atoms with van der Waals surface area (Å²) in [5.74, 6) is 1.10. The van der Waals surface area contributed by atoms with Gasteiger partial charge >= 0.3 is 5.63 Å². The largest absolute Gasteiger partial charge is 0.508 e. The van der Waals surface area contributed by atoms with Crippen molar-refractivity contribution in [3.8, 4) is 16.5 Å². The van der Waals surface area contributed by atoms with Gasteiger partial charge in [0, 0.05) is 37.7 Å². The number of aryl methyl sites for hydroxylation is 1. The van der Waals surface area contributed by atoms with Gasteiger partial charge in [0.25, 0.3) is 5.89 Å². The molecule has 0 saturated heterocycles. The third-order valence-electron chi connectivity index (χ3n) is 4.97. The molecule has 0 amide bonds. The number of aromatic hydroxyl groups is 1. The number of thiophene rings is 1. The van der Waals surface area contributed by atoms with Crippen molar-refractivity contribution in [2.45, 2.75) is 26.4 Å². The smallest absolute Gasteiger partial charge is 0.336 e. The van der Waals surface area contributed by atoms with Crippen LogP contribution in [0.2, 0.25) is 0 Å². The summed E-state index contributed by atoms with van der Waals surface area (Å²) in [6.45, 7) is 3.93. The number of rotatable bonds is 9. The van der Waals surface area contributed by atoms with Crippen LogP contribution in [0.5, 0.6) is 5.75 Å². The van der Waals surface area contributed by atoms with Gasteiger partial charge in [-0.05, 0) is 35.1 Å². The van der Waals surface area contributed by atoms with Gasteiger partial charge in [-0.25, -0.2) is 4.79 Å². The van der Waals surface area contributed by atoms with Crippen LogP contribution in [0.1, 0.15) is 23.9 Å². The van der Waals surface area contributed by atoms with Crippen LogP contribution in [-0.4, -0.2) is 40.5 Å². The second kappa shape index (κ2) is 9.42. The fourth-order valence-electron chi connectivity index (χ4n) is 3.41. The number of fused-ring (bicyclic) bond motifs is 1. The molecule has 31 heavy (non-hydrogen) atoms. The first-order chi connectivity index (χ1) is 15.1. The molecular weight excluding hydrogens is 418 g/mol. The van der Waals surface area contributed by atoms with E-state index < -0.39 is 5.63 Å². The minimum Gasteiger partial charge on any atom is -0.508 e. The summed E-state index contributed by atoms with van der Waals surface area (Å²) in [6, 6.07) is 8.73. The number of phenols is 1. The Morgan fingerprint density at radius 2 is 2.03 bits per heavy atom. The lowest BCUT2D eigenvalue weighted by atomic mass is 10.0. The second-order valence-corrected chi connectivity index (χ2v) is 8.05. The highest BCUT2D eigenvalue weighted by atomic mass is 32.1. The zero-order chi connectivity index (χ0) is 21.8. The molecule has 0 bridgehead atoms. The molecule has 0 radical (unpaired) electrons. The van der Waals surface area contributed by atoms with Crippen LogP contribution in [-0.2, 0) is 24.2 Å². The van der Waals surface area contributed by atoms with Crippen LogP contribution in [0.25, 0.3) is 21.7 Å². The van der Waals surface area contributed by atoms with Crippen molar-refractivity contribution in [3.05, 3.63) is 63.1 Å². The normalized spacial score (nSPS) is 11.6. The molecule has 8 nitrogen and oxygen atoms in total. The Bertz CT molecular complexity index is 1220. The molecule has 162 valence electrons. The Kier molecular flexibility index (Phi) is 6.45. The molecule has 3 aromatic heterocycles. The van der Waals surface area contributed by atoms with E-state index in [1.807, 2.05) is 30.5 Å². The van der Waals surface area contributed by atoms with Crippen LogP contribution in [0.15, 0.2) is 49.3 Å². The molecule has 4 aromatic rings. The van der Waals surface area contributed by atoms with E-state index in [1.165, 1.54) is 23.5 Å². The van der Waals surface area contributed by atoms with E-state index in [2.05, 4.69) is 15.1 Å². The summed E-state index contributed by atoms with van der Waals surface area (Å²) in [6.07, 6.45) is 0.668. The van der Waals surface area contributed by atoms with Crippen molar-refractivity contribution in [2.24, 2.45) is 0 Å². The Labute approximate surface area is 182 Å². The topological polar surface area (TPSA) is 102 Å². The lowest BCUT2D eigenvalue weighted by molar-refractivity contribution is 0.134. The van der Waals surface area contributed by atoms with Crippen LogP contribution in [0, 0.1) is 0 Å². The number of benzene rings is 1. The molecule has 0 aliphatic heterocycles. The van der Waals surface area contributed by atoms with Gasteiger partial charge in [-0.2, -0.15) is 0 Å². The van der Waals surface area contributed by atoms with Crippen LogP contribution in [0.4, 0.5) is 0 Å². The average Bonchev–Trinajstić information content (AvgIpc) is 3.43. The second-order valence-electron chi connectivity index (χ2n) is 7.10. The number of hydrogen-bond acceptors (Lipinski definition) is 9. The van der Waals surface area contributed by atoms with Gasteiger partial charge in [0.15, 0.2) is 0 Å². The van der Waals surface area contributed by atoms with Crippen LogP contribution < -0.4 is 5.63 Å². The molecule has 0 aliphatic carbocycles. The molecule has 0 atom stereocenters. The van der Waals surface area contributed by atoms with Crippen molar-refractivity contribution in [3.63, 3.8) is 0 Å². The molecule has 1 aromatic carbocycles. The SMILES string of the molecule is CCc1cc2c(CN(CCOC)Cc3nnc(-c4cccs4)o3)cc(=O)oc2cc1O. The molecule has 4 rings (SSSR count). The maximum Gasteiger partial charge on any atom is 0.336 e. The monoisotopic (exact) mass is 441 g/mol. The molecule has 0 fully saturated rings. The number of hydrogen-bond donors (Lipinski definition) is 1. The van der Waals surface area contributed by atoms with Crippen molar-refractivity contribution < 1.29 is 18.7 Å². The highest BCUT2D eigenvalue weighted by Crippen LogP contribution is 2.28. The fraction of sp³-hybridized carbons (Fsp3) is 0.318. The average molecular weight is 442 g/mol. The first-order valence-electron chi connectivity index (χ1n) is 9.93. The van der Waals surface area contributed by atoms with Crippen LogP contribution in [0.3, 0.4) is 0 Å². The number of phenolic OH excluding ortho intramolecular Hbond substituents is 1. The van der Waals surface area contributed by atoms with Gasteiger partial charge in [-0.1, -0.05) is 13.0 Å². The lowest BCUT2D eigenvalue weighted by Gasteiger charge is -2.21. The Hall–Kier alpha value is -3.01. The van der Waals surface area contributed by atoms with Gasteiger partial charge in [-0.15, -0.1) is 21.5 Å². The van der Waals surface area contributed by atoms with E-state index in [9.17, 15) is 9.90 Å². The zero-order valence-corrected chi connectivity index (χ0v) is 18.1. The first kappa shape index (κ1) is 21.2. The van der Waals surface area contributed by atoms with E-state index in [4.69, 9.17) is 13.6 Å². The lowest BCUT2D eigenvalue weighted by Crippen LogP contribution is -2.27. The molecule has 0 spiro atoms. The predicted octanol–water partition coefficient (Wildman–Crippen LogP) is 3.82. The summed E-state index contributed by atoms with van der Waals surface area (Å²) in [5.41, 5.74) is 1.50. The van der Waals surface area contributed by atoms with Gasteiger partial charge in [0.2, 0.25) is 5.89 Å². The summed E-state index contributed by atoms with van der Waals surface area (Å²) in [5, 5.41) is 21.2. The van der Waals surface area contributed by atoms with Gasteiger partial charge in [0.1, 0.15) is 11.3 Å². The summed E-state index contributed by atoms with van der Waals surface area (Å²) < 4.78 is 16.4. The summed E-state index contributed by atoms with van der Waals surface area (Å²) in [4.78, 5) is 15.1. The molecular formula is C22H23N3O5S. The van der Waals surface area contributed by atoms with Crippen molar-refractivity contribution in [1.29, 1.82) is 0 Å². The number of methoxy groups -OCH3 is 1. The van der Waals surface area contributed by atoms with E-state index in [0.29, 0.717) is 50.0 Å². The van der Waals surface area contributed by atoms with E-state index in [0.717, 1.165) is 21.4 Å². The fourth-order valence-corrected chi connectivity index (χ4v) is 4.05. The Morgan fingerprint density at radius 1 is 1.16 bits per heavy atom. The number of aromatic nitrogens is 2. The van der Waals surface area contributed by atoms with Gasteiger partial charge < -0.3 is 18.7 Å². The summed E-state index contributed by atoms with van der Waals surface area (Å²) >= 11 is 1.54. The van der Waals surface area contributed by atoms with Gasteiger partial charge in [-0.3, -0.25) is 4.90 Å². The Balaban J connectivity index is 1.63. The highest BCUT2D eigenvalue weighted by Gasteiger charge is 2.17. The minimum absolute atomic E-state index is 0.124. The minimum atomic E-state index is -0.462. The van der Waals surface area contributed by atoms with Crippen molar-refractivity contribution in [1.82, 2.24) is 15.1 Å². The molecule has 0 saturated carbocycles. The van der Waals surface area contributed by atoms with E-state index in [-0.39, 0.29) is 5.75 Å². The third kappa shape index (κ3) is 4.84. The Morgan fingerprint density at radius 3 is 2.77 bits per heavy atom. The predicted molar refractivity (Wildman–Crippen MR) is 117 cm³/mol. The van der Waals surface area contributed by atoms with Gasteiger partial charge in [0.05, 0.1) is 18.0 Å². The molecule has 0 aliphatic rings. The molecule has 0 unspecified atom stereocenters. The number of ether oxygens (including phenoxy) is 1. The van der Waals surface area contributed by atoms with E-state index >= 15 is 0 Å². The molecule has 1 N–H and O–H groups in total. The van der Waals surface area contributed by atoms with E-state index in [1.54, 1.807) is 7.11 Å². The standard InChI is InChI=1S/C22H23N3O5S/c1-3-14-9-16-15(10-21(27)29-18(16)11-17(14)26)12-25(6-7-28-2)13-20-23-24-22(30-20)19-5-4-8-31-19/h4-5,8-11,26H,3,6-7,12-13H2,1-2H3. The molecule has 9 heteroatoms. The number of nitrogens with zero attached hydrogens (tertiary/aromatic N) is 3. The maximum atomic E-state index is 12.1. The van der Waals surface area contributed by atoms with Crippen LogP contribution >= 0.6 is 11.3 Å². The quantitative estimate of drug-likeness (QED) is 0.391. The van der Waals surface area contributed by atoms with Crippen molar-refractivity contribution in [2.75, 3.05) is 20.3 Å². The molecule has 3 heterocycles. The highest BCUT2D eigenvalue weighted by molar-refractivity contribution is 7.13. The first-order valence-corrected chi connectivity index (χ1v) is 10.8. The maximum absolute atomic E-state index is 12.1. The third-order valence-corrected chi connectivity index (χ3v) is 5.83. The van der Waals surface area contributed by atoms with Crippen molar-refractivity contribution >= 4 is 22.3 Å². The zero-order valence-electron chi connectivity index (χ0n) is 17.3. The summed E-state index contributed by atoms with van der Waals surface area (Å²) in [7, 11) is 1.64.